The Morgan fingerprint density at radius 1 is 1.50 bits per heavy atom. The summed E-state index contributed by atoms with van der Waals surface area (Å²) in [6.07, 6.45) is 2.89. The first-order valence-corrected chi connectivity index (χ1v) is 4.30. The van der Waals surface area contributed by atoms with Gasteiger partial charge in [0.25, 0.3) is 0 Å². The summed E-state index contributed by atoms with van der Waals surface area (Å²) in [7, 11) is 0. The molecule has 0 amide bonds. The van der Waals surface area contributed by atoms with E-state index in [0.717, 1.165) is 19.4 Å². The summed E-state index contributed by atoms with van der Waals surface area (Å²) in [5.41, 5.74) is -0.854. The fraction of sp³-hybridized carbons (Fsp3) is 0.875. The van der Waals surface area contributed by atoms with Crippen LogP contribution >= 0.6 is 0 Å². The molecule has 1 rings (SSSR count). The van der Waals surface area contributed by atoms with Crippen molar-refractivity contribution in [2.24, 2.45) is 0 Å². The number of hydrogen-bond acceptors (Lipinski definition) is 3. The quantitative estimate of drug-likeness (QED) is 0.560. The number of carboxylic acids is 1. The lowest BCUT2D eigenvalue weighted by Gasteiger charge is -2.33. The van der Waals surface area contributed by atoms with E-state index in [9.17, 15) is 4.79 Å². The number of nitrogens with one attached hydrogen (secondary N) is 1. The predicted octanol–water partition coefficient (Wildman–Crippen LogP) is -0.0343. The van der Waals surface area contributed by atoms with E-state index in [1.807, 2.05) is 0 Å². The topological polar surface area (TPSA) is 69.6 Å². The molecular weight excluding hydrogens is 158 g/mol. The normalized spacial score (nSPS) is 30.1. The van der Waals surface area contributed by atoms with Gasteiger partial charge in [0.2, 0.25) is 0 Å². The van der Waals surface area contributed by atoms with Gasteiger partial charge >= 0.3 is 5.97 Å². The van der Waals surface area contributed by atoms with Gasteiger partial charge in [-0.05, 0) is 32.2 Å². The maximum absolute atomic E-state index is 10.9. The first-order valence-electron chi connectivity index (χ1n) is 4.30. The van der Waals surface area contributed by atoms with Gasteiger partial charge in [-0.1, -0.05) is 0 Å². The molecule has 4 nitrogen and oxygen atoms in total. The van der Waals surface area contributed by atoms with Crippen molar-refractivity contribution in [3.8, 4) is 0 Å². The predicted molar refractivity (Wildman–Crippen MR) is 43.9 cm³/mol. The Morgan fingerprint density at radius 3 is 2.67 bits per heavy atom. The molecule has 0 bridgehead atoms. The van der Waals surface area contributed by atoms with Crippen LogP contribution in [-0.4, -0.2) is 34.9 Å². The highest BCUT2D eigenvalue weighted by Gasteiger charge is 2.38. The van der Waals surface area contributed by atoms with Crippen molar-refractivity contribution in [1.29, 1.82) is 0 Å². The minimum atomic E-state index is -0.854. The van der Waals surface area contributed by atoms with E-state index < -0.39 is 11.5 Å². The zero-order valence-electron chi connectivity index (χ0n) is 7.05. The molecule has 1 heterocycles. The molecule has 1 aliphatic heterocycles. The standard InChI is InChI=1S/C8H15NO3/c10-6-4-8(7(11)12)3-1-2-5-9-8/h9-10H,1-6H2,(H,11,12). The number of hydrogen-bond donors (Lipinski definition) is 3. The van der Waals surface area contributed by atoms with Gasteiger partial charge in [-0.3, -0.25) is 4.79 Å². The molecule has 0 aromatic rings. The molecule has 1 aliphatic rings. The first-order chi connectivity index (χ1) is 5.71. The molecule has 0 radical (unpaired) electrons. The molecule has 0 spiro atoms. The Labute approximate surface area is 71.6 Å². The number of rotatable bonds is 3. The van der Waals surface area contributed by atoms with Gasteiger partial charge in [-0.25, -0.2) is 0 Å². The van der Waals surface area contributed by atoms with Gasteiger partial charge in [-0.2, -0.15) is 0 Å². The van der Waals surface area contributed by atoms with Crippen LogP contribution in [0.2, 0.25) is 0 Å². The van der Waals surface area contributed by atoms with Gasteiger partial charge < -0.3 is 15.5 Å². The molecule has 0 saturated carbocycles. The molecular formula is C8H15NO3. The molecule has 1 fully saturated rings. The Kier molecular flexibility index (Phi) is 3.05. The second-order valence-electron chi connectivity index (χ2n) is 3.24. The fourth-order valence-corrected chi connectivity index (χ4v) is 1.66. The van der Waals surface area contributed by atoms with Gasteiger partial charge in [-0.15, -0.1) is 0 Å². The zero-order chi connectivity index (χ0) is 9.03. The van der Waals surface area contributed by atoms with Crippen LogP contribution in [0.15, 0.2) is 0 Å². The third kappa shape index (κ3) is 1.76. The van der Waals surface area contributed by atoms with E-state index in [1.165, 1.54) is 0 Å². The number of carbonyl (C=O) groups is 1. The monoisotopic (exact) mass is 173 g/mol. The minimum absolute atomic E-state index is 0.0701. The van der Waals surface area contributed by atoms with Gasteiger partial charge in [0.1, 0.15) is 5.54 Å². The smallest absolute Gasteiger partial charge is 0.323 e. The lowest BCUT2D eigenvalue weighted by Crippen LogP contribution is -2.55. The van der Waals surface area contributed by atoms with Crippen LogP contribution in [0.1, 0.15) is 25.7 Å². The SMILES string of the molecule is O=C(O)C1(CCO)CCCCN1. The molecule has 0 aromatic heterocycles. The van der Waals surface area contributed by atoms with Crippen LogP contribution in [0, 0.1) is 0 Å². The first kappa shape index (κ1) is 9.48. The maximum Gasteiger partial charge on any atom is 0.323 e. The third-order valence-corrected chi connectivity index (χ3v) is 2.44. The Bertz CT molecular complexity index is 158. The van der Waals surface area contributed by atoms with E-state index in [2.05, 4.69) is 5.32 Å². The third-order valence-electron chi connectivity index (χ3n) is 2.44. The second kappa shape index (κ2) is 3.87. The lowest BCUT2D eigenvalue weighted by molar-refractivity contribution is -0.146. The number of carboxylic acid groups (broad SMARTS) is 1. The molecule has 1 unspecified atom stereocenters. The number of aliphatic hydroxyl groups is 1. The molecule has 0 aromatic carbocycles. The number of piperidine rings is 1. The summed E-state index contributed by atoms with van der Waals surface area (Å²) in [5.74, 6) is -0.837. The van der Waals surface area contributed by atoms with Crippen LogP contribution in [-0.2, 0) is 4.79 Å². The van der Waals surface area contributed by atoms with Crippen molar-refractivity contribution < 1.29 is 15.0 Å². The molecule has 3 N–H and O–H groups in total. The Hall–Kier alpha value is -0.610. The van der Waals surface area contributed by atoms with Gasteiger partial charge in [0.15, 0.2) is 0 Å². The minimum Gasteiger partial charge on any atom is -0.480 e. The molecule has 12 heavy (non-hydrogen) atoms. The summed E-state index contributed by atoms with van der Waals surface area (Å²) in [5, 5.41) is 20.6. The summed E-state index contributed by atoms with van der Waals surface area (Å²) in [6, 6.07) is 0. The summed E-state index contributed by atoms with van der Waals surface area (Å²) in [6.45, 7) is 0.672. The van der Waals surface area contributed by atoms with Crippen molar-refractivity contribution in [1.82, 2.24) is 5.32 Å². The molecule has 70 valence electrons. The Balaban J connectivity index is 2.63. The van der Waals surface area contributed by atoms with E-state index >= 15 is 0 Å². The van der Waals surface area contributed by atoms with Crippen molar-refractivity contribution in [3.05, 3.63) is 0 Å². The van der Waals surface area contributed by atoms with E-state index in [-0.39, 0.29) is 6.61 Å². The summed E-state index contributed by atoms with van der Waals surface area (Å²) >= 11 is 0. The number of aliphatic carboxylic acids is 1. The molecule has 1 saturated heterocycles. The summed E-state index contributed by atoms with van der Waals surface area (Å²) < 4.78 is 0. The summed E-state index contributed by atoms with van der Waals surface area (Å²) in [4.78, 5) is 10.9. The van der Waals surface area contributed by atoms with Crippen molar-refractivity contribution in [3.63, 3.8) is 0 Å². The average Bonchev–Trinajstić information content (AvgIpc) is 2.06. The van der Waals surface area contributed by atoms with E-state index in [1.54, 1.807) is 0 Å². The van der Waals surface area contributed by atoms with Crippen molar-refractivity contribution >= 4 is 5.97 Å². The van der Waals surface area contributed by atoms with Crippen LogP contribution in [0.4, 0.5) is 0 Å². The lowest BCUT2D eigenvalue weighted by atomic mass is 9.86. The maximum atomic E-state index is 10.9. The van der Waals surface area contributed by atoms with E-state index in [4.69, 9.17) is 10.2 Å². The van der Waals surface area contributed by atoms with Gasteiger partial charge in [0.05, 0.1) is 0 Å². The number of aliphatic hydroxyl groups excluding tert-OH is 1. The second-order valence-corrected chi connectivity index (χ2v) is 3.24. The largest absolute Gasteiger partial charge is 0.480 e. The highest BCUT2D eigenvalue weighted by molar-refractivity contribution is 5.78. The Morgan fingerprint density at radius 2 is 2.25 bits per heavy atom. The van der Waals surface area contributed by atoms with Crippen molar-refractivity contribution in [2.75, 3.05) is 13.2 Å². The zero-order valence-corrected chi connectivity index (χ0v) is 7.05. The fourth-order valence-electron chi connectivity index (χ4n) is 1.66. The highest BCUT2D eigenvalue weighted by atomic mass is 16.4. The van der Waals surface area contributed by atoms with Crippen LogP contribution < -0.4 is 5.32 Å². The average molecular weight is 173 g/mol. The van der Waals surface area contributed by atoms with E-state index in [0.29, 0.717) is 12.8 Å². The van der Waals surface area contributed by atoms with Gasteiger partial charge in [0, 0.05) is 6.61 Å². The van der Waals surface area contributed by atoms with Crippen LogP contribution in [0.3, 0.4) is 0 Å². The molecule has 0 aliphatic carbocycles. The van der Waals surface area contributed by atoms with Crippen molar-refractivity contribution in [2.45, 2.75) is 31.2 Å². The van der Waals surface area contributed by atoms with Crippen LogP contribution in [0.5, 0.6) is 0 Å². The molecule has 4 heteroatoms. The molecule has 1 atom stereocenters. The van der Waals surface area contributed by atoms with Crippen LogP contribution in [0.25, 0.3) is 0 Å². The highest BCUT2D eigenvalue weighted by Crippen LogP contribution is 2.22.